The Kier molecular flexibility index (Phi) is 7.31. The summed E-state index contributed by atoms with van der Waals surface area (Å²) >= 11 is 0. The summed E-state index contributed by atoms with van der Waals surface area (Å²) in [5.41, 5.74) is 6.30. The van der Waals surface area contributed by atoms with E-state index in [0.717, 1.165) is 6.42 Å². The van der Waals surface area contributed by atoms with Gasteiger partial charge in [-0.3, -0.25) is 0 Å². The number of hydrogen-bond donors (Lipinski definition) is 0. The van der Waals surface area contributed by atoms with Gasteiger partial charge in [-0.15, -0.1) is 18.9 Å². The van der Waals surface area contributed by atoms with Crippen LogP contribution in [0, 0.1) is 5.41 Å². The molecule has 0 radical (unpaired) electrons. The third-order valence-corrected chi connectivity index (χ3v) is 10.5. The van der Waals surface area contributed by atoms with Crippen molar-refractivity contribution in [3.8, 4) is 0 Å². The average Bonchev–Trinajstić information content (AvgIpc) is 2.67. The maximum Gasteiger partial charge on any atom is 0.212 e. The first-order valence-electron chi connectivity index (χ1n) is 10.5. The van der Waals surface area contributed by atoms with Crippen LogP contribution in [0.15, 0.2) is 85.2 Å². The molecule has 0 aliphatic carbocycles. The van der Waals surface area contributed by atoms with Crippen LogP contribution in [-0.4, -0.2) is 16.4 Å². The molecule has 0 aliphatic rings. The Morgan fingerprint density at radius 3 is 1.62 bits per heavy atom. The average molecular weight is 423 g/mol. The van der Waals surface area contributed by atoms with Gasteiger partial charge in [0.15, 0.2) is 0 Å². The van der Waals surface area contributed by atoms with Gasteiger partial charge in [-0.2, -0.15) is 0 Å². The first kappa shape index (κ1) is 23.6. The second-order valence-electron chi connectivity index (χ2n) is 10.2. The van der Waals surface area contributed by atoms with Crippen LogP contribution in [0.4, 0.5) is 0 Å². The molecule has 0 atom stereocenters. The summed E-state index contributed by atoms with van der Waals surface area (Å²) in [6.45, 7) is 22.3. The molecule has 0 aromatic heterocycles. The summed E-state index contributed by atoms with van der Waals surface area (Å²) in [5, 5.41) is 0. The molecule has 29 heavy (non-hydrogen) atoms. The maximum absolute atomic E-state index is 7.14. The van der Waals surface area contributed by atoms with Gasteiger partial charge in [0.2, 0.25) is 8.32 Å². The minimum atomic E-state index is -2.09. The lowest BCUT2D eigenvalue weighted by molar-refractivity contribution is 0.0556. The van der Waals surface area contributed by atoms with Crippen molar-refractivity contribution in [3.63, 3.8) is 0 Å². The van der Waals surface area contributed by atoms with Gasteiger partial charge < -0.3 is 4.43 Å². The first-order valence-corrected chi connectivity index (χ1v) is 16.8. The third-order valence-electron chi connectivity index (χ3n) is 5.62. The summed E-state index contributed by atoms with van der Waals surface area (Å²) in [6, 6.07) is 22.7. The van der Waals surface area contributed by atoms with E-state index in [1.54, 1.807) is 0 Å². The fourth-order valence-corrected chi connectivity index (χ4v) is 8.50. The van der Waals surface area contributed by atoms with E-state index in [9.17, 15) is 0 Å². The van der Waals surface area contributed by atoms with Gasteiger partial charge in [0.05, 0.1) is 8.07 Å². The van der Waals surface area contributed by atoms with E-state index < -0.39 is 22.0 Å². The molecule has 0 fully saturated rings. The van der Waals surface area contributed by atoms with Crippen LogP contribution in [0.25, 0.3) is 0 Å². The third kappa shape index (κ3) is 6.14. The summed E-state index contributed by atoms with van der Waals surface area (Å²) < 4.78 is 7.14. The molecule has 2 aromatic rings. The fraction of sp³-hybridized carbons (Fsp3) is 0.385. The zero-order chi connectivity index (χ0) is 21.8. The predicted molar refractivity (Wildman–Crippen MR) is 133 cm³/mol. The molecule has 2 rings (SSSR count). The van der Waals surface area contributed by atoms with Crippen molar-refractivity contribution in [2.45, 2.75) is 58.1 Å². The van der Waals surface area contributed by atoms with E-state index in [0.29, 0.717) is 0 Å². The first-order chi connectivity index (χ1) is 13.5. The van der Waals surface area contributed by atoms with Crippen LogP contribution in [0.2, 0.25) is 32.2 Å². The van der Waals surface area contributed by atoms with Gasteiger partial charge in [-0.05, 0) is 42.1 Å². The molecular formula is C26H38OSi2. The molecule has 0 unspecified atom stereocenters. The second-order valence-corrected chi connectivity index (χ2v) is 18.7. The molecular weight excluding hydrogens is 384 g/mol. The molecule has 3 heteroatoms. The van der Waals surface area contributed by atoms with Crippen LogP contribution in [-0.2, 0) is 10.0 Å². The molecule has 1 nitrogen and oxygen atoms in total. The normalized spacial score (nSPS) is 13.2. The molecule has 0 amide bonds. The van der Waals surface area contributed by atoms with Crippen molar-refractivity contribution in [2.24, 2.45) is 5.41 Å². The van der Waals surface area contributed by atoms with Crippen LogP contribution >= 0.6 is 0 Å². The van der Waals surface area contributed by atoms with Gasteiger partial charge in [-0.25, -0.2) is 0 Å². The van der Waals surface area contributed by atoms with E-state index >= 15 is 0 Å². The number of rotatable bonds is 10. The Bertz CT molecular complexity index is 768. The van der Waals surface area contributed by atoms with Crippen LogP contribution in [0.3, 0.4) is 0 Å². The summed E-state index contributed by atoms with van der Waals surface area (Å²) in [4.78, 5) is 0. The Hall–Kier alpha value is -1.69. The Labute approximate surface area is 180 Å². The standard InChI is InChI=1S/C26H38OSi2/c1-9-28(5,6)22-25(3,4)21-26(27-29(7,8)10-2,23-17-13-11-14-18-23)24-19-15-12-16-20-24/h9-20H,1-2,21-22H2,3-8H3. The maximum atomic E-state index is 7.14. The zero-order valence-corrected chi connectivity index (χ0v) is 21.2. The van der Waals surface area contributed by atoms with E-state index in [2.05, 4.69) is 120 Å². The molecule has 0 saturated carbocycles. The number of benzene rings is 2. The van der Waals surface area contributed by atoms with E-state index in [1.165, 1.54) is 17.2 Å². The monoisotopic (exact) mass is 422 g/mol. The lowest BCUT2D eigenvalue weighted by Gasteiger charge is -2.46. The van der Waals surface area contributed by atoms with Crippen molar-refractivity contribution >= 4 is 16.4 Å². The largest absolute Gasteiger partial charge is 0.400 e. The Balaban J connectivity index is 2.68. The van der Waals surface area contributed by atoms with Crippen molar-refractivity contribution in [1.29, 1.82) is 0 Å². The lowest BCUT2D eigenvalue weighted by Crippen LogP contribution is -2.46. The minimum Gasteiger partial charge on any atom is -0.400 e. The quantitative estimate of drug-likeness (QED) is 0.356. The zero-order valence-electron chi connectivity index (χ0n) is 19.2. The molecule has 0 N–H and O–H groups in total. The molecule has 0 bridgehead atoms. The minimum absolute atomic E-state index is 0.0985. The van der Waals surface area contributed by atoms with Gasteiger partial charge in [0, 0.05) is 0 Å². The second kappa shape index (κ2) is 8.99. The van der Waals surface area contributed by atoms with Gasteiger partial charge in [0.25, 0.3) is 0 Å². The SMILES string of the molecule is C=C[Si](C)(C)CC(C)(C)CC(O[Si](C)(C)C=C)(c1ccccc1)c1ccccc1. The Morgan fingerprint density at radius 2 is 1.24 bits per heavy atom. The molecule has 0 heterocycles. The molecule has 0 aliphatic heterocycles. The van der Waals surface area contributed by atoms with Gasteiger partial charge >= 0.3 is 0 Å². The highest BCUT2D eigenvalue weighted by Gasteiger charge is 2.45. The highest BCUT2D eigenvalue weighted by atomic mass is 28.4. The van der Waals surface area contributed by atoms with Crippen LogP contribution in [0.1, 0.15) is 31.4 Å². The summed E-state index contributed by atoms with van der Waals surface area (Å²) in [7, 11) is -3.57. The number of hydrogen-bond acceptors (Lipinski definition) is 1. The highest BCUT2D eigenvalue weighted by Crippen LogP contribution is 2.47. The van der Waals surface area contributed by atoms with E-state index in [1.807, 2.05) is 5.70 Å². The van der Waals surface area contributed by atoms with Gasteiger partial charge in [0.1, 0.15) is 5.60 Å². The van der Waals surface area contributed by atoms with Crippen LogP contribution in [0.5, 0.6) is 0 Å². The van der Waals surface area contributed by atoms with Crippen molar-refractivity contribution in [3.05, 3.63) is 96.3 Å². The molecule has 2 aromatic carbocycles. The van der Waals surface area contributed by atoms with Crippen molar-refractivity contribution in [2.75, 3.05) is 0 Å². The van der Waals surface area contributed by atoms with Crippen LogP contribution < -0.4 is 0 Å². The fourth-order valence-electron chi connectivity index (χ4n) is 4.47. The molecule has 0 saturated heterocycles. The smallest absolute Gasteiger partial charge is 0.212 e. The van der Waals surface area contributed by atoms with E-state index in [-0.39, 0.29) is 5.41 Å². The summed E-state index contributed by atoms with van der Waals surface area (Å²) in [6.07, 6.45) is 0.919. The van der Waals surface area contributed by atoms with E-state index in [4.69, 9.17) is 4.43 Å². The van der Waals surface area contributed by atoms with Crippen molar-refractivity contribution in [1.82, 2.24) is 0 Å². The van der Waals surface area contributed by atoms with Gasteiger partial charge in [-0.1, -0.05) is 93.3 Å². The highest BCUT2D eigenvalue weighted by molar-refractivity contribution is 6.82. The predicted octanol–water partition coefficient (Wildman–Crippen LogP) is 7.73. The topological polar surface area (TPSA) is 9.23 Å². The Morgan fingerprint density at radius 1 is 0.793 bits per heavy atom. The lowest BCUT2D eigenvalue weighted by atomic mass is 9.74. The molecule has 156 valence electrons. The summed E-state index contributed by atoms with van der Waals surface area (Å²) in [5.74, 6) is 0. The molecule has 0 spiro atoms. The van der Waals surface area contributed by atoms with Crippen molar-refractivity contribution < 1.29 is 4.43 Å².